The first kappa shape index (κ1) is 10.8. The SMILES string of the molecule is NC1(COc2cc(F)ccc2[N+](=O)[O-])CC1. The Hall–Kier alpha value is -1.69. The van der Waals surface area contributed by atoms with Gasteiger partial charge in [-0.2, -0.15) is 0 Å². The Balaban J connectivity index is 2.16. The summed E-state index contributed by atoms with van der Waals surface area (Å²) in [7, 11) is 0. The lowest BCUT2D eigenvalue weighted by atomic mass is 10.3. The molecule has 1 fully saturated rings. The van der Waals surface area contributed by atoms with Crippen LogP contribution in [0.2, 0.25) is 0 Å². The average Bonchev–Trinajstić information content (AvgIpc) is 2.94. The van der Waals surface area contributed by atoms with Crippen LogP contribution < -0.4 is 10.5 Å². The third kappa shape index (κ3) is 2.27. The fourth-order valence-electron chi connectivity index (χ4n) is 1.28. The molecule has 2 N–H and O–H groups in total. The number of nitro benzene ring substituents is 1. The number of halogens is 1. The molecule has 5 nitrogen and oxygen atoms in total. The summed E-state index contributed by atoms with van der Waals surface area (Å²) in [4.78, 5) is 10.0. The molecule has 6 heteroatoms. The van der Waals surface area contributed by atoms with Crippen molar-refractivity contribution in [3.63, 3.8) is 0 Å². The van der Waals surface area contributed by atoms with Gasteiger partial charge in [0.2, 0.25) is 0 Å². The molecule has 0 unspecified atom stereocenters. The standard InChI is InChI=1S/C10H11FN2O3/c11-7-1-2-8(13(14)15)9(5-7)16-6-10(12)3-4-10/h1-2,5H,3-4,6,12H2. The van der Waals surface area contributed by atoms with E-state index in [4.69, 9.17) is 10.5 Å². The van der Waals surface area contributed by atoms with Gasteiger partial charge in [-0.25, -0.2) is 4.39 Å². The molecule has 1 saturated carbocycles. The molecule has 86 valence electrons. The lowest BCUT2D eigenvalue weighted by Gasteiger charge is -2.11. The fraction of sp³-hybridized carbons (Fsp3) is 0.400. The van der Waals surface area contributed by atoms with Gasteiger partial charge in [0.1, 0.15) is 12.4 Å². The van der Waals surface area contributed by atoms with Crippen molar-refractivity contribution >= 4 is 5.69 Å². The molecule has 0 amide bonds. The van der Waals surface area contributed by atoms with Crippen molar-refractivity contribution in [2.45, 2.75) is 18.4 Å². The van der Waals surface area contributed by atoms with E-state index in [1.165, 1.54) is 0 Å². The van der Waals surface area contributed by atoms with Crippen LogP contribution in [0.25, 0.3) is 0 Å². The average molecular weight is 226 g/mol. The molecular formula is C10H11FN2O3. The van der Waals surface area contributed by atoms with E-state index in [9.17, 15) is 14.5 Å². The van der Waals surface area contributed by atoms with Crippen LogP contribution in [0.5, 0.6) is 5.75 Å². The third-order valence-electron chi connectivity index (χ3n) is 2.53. The Kier molecular flexibility index (Phi) is 2.51. The van der Waals surface area contributed by atoms with E-state index in [1.807, 2.05) is 0 Å². The van der Waals surface area contributed by atoms with Crippen molar-refractivity contribution in [1.29, 1.82) is 0 Å². The predicted molar refractivity (Wildman–Crippen MR) is 54.7 cm³/mol. The monoisotopic (exact) mass is 226 g/mol. The maximum Gasteiger partial charge on any atom is 0.311 e. The second kappa shape index (κ2) is 3.71. The van der Waals surface area contributed by atoms with Crippen LogP contribution in [0.1, 0.15) is 12.8 Å². The van der Waals surface area contributed by atoms with Gasteiger partial charge in [-0.05, 0) is 18.9 Å². The molecule has 1 aromatic carbocycles. The summed E-state index contributed by atoms with van der Waals surface area (Å²) in [6.45, 7) is 0.178. The Labute approximate surface area is 91.2 Å². The maximum atomic E-state index is 12.9. The molecule has 0 saturated heterocycles. The molecular weight excluding hydrogens is 215 g/mol. The van der Waals surface area contributed by atoms with Gasteiger partial charge in [-0.15, -0.1) is 0 Å². The van der Waals surface area contributed by atoms with Gasteiger partial charge >= 0.3 is 5.69 Å². The minimum atomic E-state index is -0.606. The first-order chi connectivity index (χ1) is 7.50. The quantitative estimate of drug-likeness (QED) is 0.624. The molecule has 0 bridgehead atoms. The lowest BCUT2D eigenvalue weighted by molar-refractivity contribution is -0.385. The van der Waals surface area contributed by atoms with E-state index < -0.39 is 10.7 Å². The van der Waals surface area contributed by atoms with E-state index in [0.29, 0.717) is 0 Å². The van der Waals surface area contributed by atoms with Gasteiger partial charge in [0, 0.05) is 12.1 Å². The fourth-order valence-corrected chi connectivity index (χ4v) is 1.28. The van der Waals surface area contributed by atoms with Gasteiger partial charge in [0.05, 0.1) is 10.5 Å². The highest BCUT2D eigenvalue weighted by Crippen LogP contribution is 2.34. The highest BCUT2D eigenvalue weighted by atomic mass is 19.1. The summed E-state index contributed by atoms with van der Waals surface area (Å²) in [6.07, 6.45) is 1.66. The number of ether oxygens (including phenoxy) is 1. The molecule has 0 heterocycles. The molecule has 1 aliphatic rings. The Morgan fingerprint density at radius 2 is 2.25 bits per heavy atom. The van der Waals surface area contributed by atoms with Gasteiger partial charge in [0.15, 0.2) is 5.75 Å². The molecule has 0 aliphatic heterocycles. The number of hydrogen-bond acceptors (Lipinski definition) is 4. The number of hydrogen-bond donors (Lipinski definition) is 1. The van der Waals surface area contributed by atoms with Crippen molar-refractivity contribution in [3.05, 3.63) is 34.1 Å². The van der Waals surface area contributed by atoms with Gasteiger partial charge in [-0.3, -0.25) is 10.1 Å². The second-order valence-electron chi connectivity index (χ2n) is 4.02. The number of nitrogens with zero attached hydrogens (tertiary/aromatic N) is 1. The molecule has 2 rings (SSSR count). The largest absolute Gasteiger partial charge is 0.485 e. The van der Waals surface area contributed by atoms with E-state index in [1.54, 1.807) is 0 Å². The smallest absolute Gasteiger partial charge is 0.311 e. The van der Waals surface area contributed by atoms with E-state index in [-0.39, 0.29) is 23.6 Å². The molecule has 0 radical (unpaired) electrons. The molecule has 1 aromatic rings. The summed E-state index contributed by atoms with van der Waals surface area (Å²) < 4.78 is 18.1. The van der Waals surface area contributed by atoms with E-state index in [0.717, 1.165) is 31.0 Å². The van der Waals surface area contributed by atoms with Crippen molar-refractivity contribution in [2.24, 2.45) is 5.73 Å². The lowest BCUT2D eigenvalue weighted by Crippen LogP contribution is -2.29. The predicted octanol–water partition coefficient (Wildman–Crippen LogP) is 1.60. The molecule has 0 spiro atoms. The Morgan fingerprint density at radius 3 is 2.81 bits per heavy atom. The molecule has 0 atom stereocenters. The minimum absolute atomic E-state index is 0.0678. The summed E-state index contributed by atoms with van der Waals surface area (Å²) in [5, 5.41) is 10.6. The van der Waals surface area contributed by atoms with Crippen molar-refractivity contribution in [3.8, 4) is 5.75 Å². The van der Waals surface area contributed by atoms with Crippen LogP contribution in [0.3, 0.4) is 0 Å². The zero-order chi connectivity index (χ0) is 11.8. The highest BCUT2D eigenvalue weighted by molar-refractivity contribution is 5.46. The van der Waals surface area contributed by atoms with E-state index >= 15 is 0 Å². The first-order valence-corrected chi connectivity index (χ1v) is 4.86. The van der Waals surface area contributed by atoms with Crippen LogP contribution in [0.4, 0.5) is 10.1 Å². The number of rotatable bonds is 4. The van der Waals surface area contributed by atoms with E-state index in [2.05, 4.69) is 0 Å². The van der Waals surface area contributed by atoms with Crippen molar-refractivity contribution in [2.75, 3.05) is 6.61 Å². The second-order valence-corrected chi connectivity index (χ2v) is 4.02. The van der Waals surface area contributed by atoms with Crippen LogP contribution in [-0.2, 0) is 0 Å². The number of benzene rings is 1. The zero-order valence-corrected chi connectivity index (χ0v) is 8.48. The Morgan fingerprint density at radius 1 is 1.56 bits per heavy atom. The Bertz CT molecular complexity index is 432. The zero-order valence-electron chi connectivity index (χ0n) is 8.48. The summed E-state index contributed by atoms with van der Waals surface area (Å²) in [5.41, 5.74) is 5.14. The molecule has 16 heavy (non-hydrogen) atoms. The summed E-state index contributed by atoms with van der Waals surface area (Å²) in [6, 6.07) is 3.12. The molecule has 1 aliphatic carbocycles. The topological polar surface area (TPSA) is 78.4 Å². The van der Waals surface area contributed by atoms with Crippen LogP contribution in [0, 0.1) is 15.9 Å². The molecule has 0 aromatic heterocycles. The summed E-state index contributed by atoms with van der Waals surface area (Å²) >= 11 is 0. The summed E-state index contributed by atoms with van der Waals surface area (Å²) in [5.74, 6) is -0.635. The third-order valence-corrected chi connectivity index (χ3v) is 2.53. The maximum absolute atomic E-state index is 12.9. The van der Waals surface area contributed by atoms with Crippen molar-refractivity contribution < 1.29 is 14.1 Å². The first-order valence-electron chi connectivity index (χ1n) is 4.86. The number of nitro groups is 1. The normalized spacial score (nSPS) is 16.9. The van der Waals surface area contributed by atoms with Gasteiger partial charge < -0.3 is 10.5 Å². The van der Waals surface area contributed by atoms with Crippen LogP contribution >= 0.6 is 0 Å². The van der Waals surface area contributed by atoms with Crippen LogP contribution in [-0.4, -0.2) is 17.1 Å². The van der Waals surface area contributed by atoms with Crippen molar-refractivity contribution in [1.82, 2.24) is 0 Å². The minimum Gasteiger partial charge on any atom is -0.485 e. The van der Waals surface area contributed by atoms with Crippen LogP contribution in [0.15, 0.2) is 18.2 Å². The van der Waals surface area contributed by atoms with Gasteiger partial charge in [-0.1, -0.05) is 0 Å². The number of nitrogens with two attached hydrogens (primary N) is 1. The highest BCUT2D eigenvalue weighted by Gasteiger charge is 2.39. The van der Waals surface area contributed by atoms with Gasteiger partial charge in [0.25, 0.3) is 0 Å².